The minimum absolute atomic E-state index is 0.334. The Morgan fingerprint density at radius 2 is 1.63 bits per heavy atom. The van der Waals surface area contributed by atoms with Gasteiger partial charge in [0.05, 0.1) is 0 Å². The summed E-state index contributed by atoms with van der Waals surface area (Å²) in [5, 5.41) is 12.0. The van der Waals surface area contributed by atoms with Gasteiger partial charge < -0.3 is 16.2 Å². The molecule has 98 valence electrons. The van der Waals surface area contributed by atoms with Gasteiger partial charge in [-0.15, -0.1) is 0 Å². The normalized spacial score (nSPS) is 11.8. The lowest BCUT2D eigenvalue weighted by Crippen LogP contribution is -2.32. The van der Waals surface area contributed by atoms with Crippen LogP contribution in [0.1, 0.15) is 5.56 Å². The highest BCUT2D eigenvalue weighted by Crippen LogP contribution is 2.17. The van der Waals surface area contributed by atoms with Crippen LogP contribution >= 0.6 is 0 Å². The Kier molecular flexibility index (Phi) is 4.15. The van der Waals surface area contributed by atoms with Gasteiger partial charge >= 0.3 is 5.97 Å². The fourth-order valence-corrected chi connectivity index (χ4v) is 1.75. The van der Waals surface area contributed by atoms with Crippen molar-refractivity contribution >= 4 is 17.3 Å². The number of hydrogen-bond donors (Lipinski definition) is 3. The molecule has 0 aromatic heterocycles. The van der Waals surface area contributed by atoms with Gasteiger partial charge in [0.15, 0.2) is 0 Å². The first-order valence-corrected chi connectivity index (χ1v) is 6.04. The van der Waals surface area contributed by atoms with Crippen LogP contribution in [-0.4, -0.2) is 17.1 Å². The number of benzene rings is 2. The quantitative estimate of drug-likeness (QED) is 0.767. The predicted molar refractivity (Wildman–Crippen MR) is 75.5 cm³/mol. The maximum atomic E-state index is 10.7. The molecule has 0 heterocycles. The van der Waals surface area contributed by atoms with Crippen molar-refractivity contribution in [2.24, 2.45) is 5.73 Å². The molecule has 0 aliphatic heterocycles. The van der Waals surface area contributed by atoms with Crippen LogP contribution < -0.4 is 11.1 Å². The van der Waals surface area contributed by atoms with Crippen LogP contribution in [0.2, 0.25) is 0 Å². The molecule has 0 aliphatic rings. The second kappa shape index (κ2) is 6.02. The molecule has 0 radical (unpaired) electrons. The average Bonchev–Trinajstić information content (AvgIpc) is 2.42. The molecule has 0 saturated carbocycles. The van der Waals surface area contributed by atoms with Gasteiger partial charge in [0.25, 0.3) is 0 Å². The Bertz CT molecular complexity index is 538. The Morgan fingerprint density at radius 3 is 2.21 bits per heavy atom. The maximum absolute atomic E-state index is 10.7. The fourth-order valence-electron chi connectivity index (χ4n) is 1.75. The standard InChI is InChI=1S/C15H16N2O2/c16-14(15(18)19)10-11-6-8-13(9-7-11)17-12-4-2-1-3-5-12/h1-9,14,17H,10,16H2,(H,18,19)/t14-/m0/s1. The molecule has 0 unspecified atom stereocenters. The third-order valence-corrected chi connectivity index (χ3v) is 2.79. The molecule has 4 heteroatoms. The van der Waals surface area contributed by atoms with Gasteiger partial charge in [0.2, 0.25) is 0 Å². The number of carbonyl (C=O) groups is 1. The van der Waals surface area contributed by atoms with Crippen LogP contribution in [0.25, 0.3) is 0 Å². The molecule has 0 bridgehead atoms. The molecule has 19 heavy (non-hydrogen) atoms. The third-order valence-electron chi connectivity index (χ3n) is 2.79. The van der Waals surface area contributed by atoms with E-state index in [9.17, 15) is 4.79 Å². The Labute approximate surface area is 111 Å². The van der Waals surface area contributed by atoms with E-state index in [1.165, 1.54) is 0 Å². The number of hydrogen-bond acceptors (Lipinski definition) is 3. The van der Waals surface area contributed by atoms with Crippen LogP contribution in [0.4, 0.5) is 11.4 Å². The minimum atomic E-state index is -0.980. The highest BCUT2D eigenvalue weighted by molar-refractivity contribution is 5.73. The largest absolute Gasteiger partial charge is 0.480 e. The van der Waals surface area contributed by atoms with Crippen LogP contribution in [0.5, 0.6) is 0 Å². The summed E-state index contributed by atoms with van der Waals surface area (Å²) in [6.45, 7) is 0. The van der Waals surface area contributed by atoms with E-state index < -0.39 is 12.0 Å². The summed E-state index contributed by atoms with van der Waals surface area (Å²) >= 11 is 0. The monoisotopic (exact) mass is 256 g/mol. The van der Waals surface area contributed by atoms with E-state index in [1.54, 1.807) is 0 Å². The van der Waals surface area contributed by atoms with Gasteiger partial charge in [-0.05, 0) is 36.2 Å². The summed E-state index contributed by atoms with van der Waals surface area (Å²) in [6, 6.07) is 16.6. The zero-order chi connectivity index (χ0) is 13.7. The zero-order valence-electron chi connectivity index (χ0n) is 10.4. The molecule has 2 rings (SSSR count). The molecule has 2 aromatic carbocycles. The van der Waals surface area contributed by atoms with Crippen molar-refractivity contribution in [2.45, 2.75) is 12.5 Å². The van der Waals surface area contributed by atoms with Gasteiger partial charge in [-0.3, -0.25) is 4.79 Å². The van der Waals surface area contributed by atoms with E-state index in [1.807, 2.05) is 54.6 Å². The van der Waals surface area contributed by atoms with E-state index in [0.717, 1.165) is 16.9 Å². The molecule has 0 fully saturated rings. The molecule has 0 aliphatic carbocycles. The predicted octanol–water partition coefficient (Wildman–Crippen LogP) is 2.38. The number of nitrogens with one attached hydrogen (secondary N) is 1. The van der Waals surface area contributed by atoms with E-state index >= 15 is 0 Å². The smallest absolute Gasteiger partial charge is 0.320 e. The molecule has 0 spiro atoms. The highest BCUT2D eigenvalue weighted by atomic mass is 16.4. The van der Waals surface area contributed by atoms with Crippen molar-refractivity contribution in [3.05, 3.63) is 60.2 Å². The third kappa shape index (κ3) is 3.82. The van der Waals surface area contributed by atoms with Crippen molar-refractivity contribution in [1.82, 2.24) is 0 Å². The summed E-state index contributed by atoms with van der Waals surface area (Å²) in [5.74, 6) is -0.980. The number of carboxylic acid groups (broad SMARTS) is 1. The van der Waals surface area contributed by atoms with Crippen LogP contribution in [0.15, 0.2) is 54.6 Å². The maximum Gasteiger partial charge on any atom is 0.320 e. The number of anilines is 2. The fraction of sp³-hybridized carbons (Fsp3) is 0.133. The van der Waals surface area contributed by atoms with Gasteiger partial charge in [-0.25, -0.2) is 0 Å². The second-order valence-corrected chi connectivity index (χ2v) is 4.34. The second-order valence-electron chi connectivity index (χ2n) is 4.34. The van der Waals surface area contributed by atoms with E-state index in [0.29, 0.717) is 6.42 Å². The van der Waals surface area contributed by atoms with E-state index in [2.05, 4.69) is 5.32 Å². The topological polar surface area (TPSA) is 75.3 Å². The first-order valence-electron chi connectivity index (χ1n) is 6.04. The first-order chi connectivity index (χ1) is 9.15. The molecule has 0 amide bonds. The number of para-hydroxylation sites is 1. The molecule has 4 N–H and O–H groups in total. The van der Waals surface area contributed by atoms with Crippen LogP contribution in [0.3, 0.4) is 0 Å². The lowest BCUT2D eigenvalue weighted by atomic mass is 10.1. The SMILES string of the molecule is N[C@@H](Cc1ccc(Nc2ccccc2)cc1)C(=O)O. The number of rotatable bonds is 5. The molecule has 4 nitrogen and oxygen atoms in total. The molecule has 2 aromatic rings. The number of aliphatic carboxylic acids is 1. The highest BCUT2D eigenvalue weighted by Gasteiger charge is 2.11. The van der Waals surface area contributed by atoms with Crippen molar-refractivity contribution in [2.75, 3.05) is 5.32 Å². The van der Waals surface area contributed by atoms with Gasteiger partial charge in [-0.2, -0.15) is 0 Å². The van der Waals surface area contributed by atoms with Gasteiger partial charge in [0.1, 0.15) is 6.04 Å². The summed E-state index contributed by atoms with van der Waals surface area (Å²) in [6.07, 6.45) is 0.334. The molecular formula is C15H16N2O2. The lowest BCUT2D eigenvalue weighted by Gasteiger charge is -2.09. The summed E-state index contributed by atoms with van der Waals surface area (Å²) in [4.78, 5) is 10.7. The molecule has 0 saturated heterocycles. The Morgan fingerprint density at radius 1 is 1.05 bits per heavy atom. The minimum Gasteiger partial charge on any atom is -0.480 e. The average molecular weight is 256 g/mol. The Balaban J connectivity index is 2.01. The lowest BCUT2D eigenvalue weighted by molar-refractivity contribution is -0.138. The molecular weight excluding hydrogens is 240 g/mol. The number of nitrogens with two attached hydrogens (primary N) is 1. The Hall–Kier alpha value is -2.33. The van der Waals surface area contributed by atoms with Crippen molar-refractivity contribution in [3.63, 3.8) is 0 Å². The van der Waals surface area contributed by atoms with Crippen molar-refractivity contribution in [1.29, 1.82) is 0 Å². The van der Waals surface area contributed by atoms with Crippen LogP contribution in [0, 0.1) is 0 Å². The van der Waals surface area contributed by atoms with Crippen molar-refractivity contribution < 1.29 is 9.90 Å². The van der Waals surface area contributed by atoms with Gasteiger partial charge in [-0.1, -0.05) is 30.3 Å². The summed E-state index contributed by atoms with van der Waals surface area (Å²) in [5.41, 5.74) is 8.37. The van der Waals surface area contributed by atoms with E-state index in [4.69, 9.17) is 10.8 Å². The first kappa shape index (κ1) is 13.1. The number of carboxylic acids is 1. The summed E-state index contributed by atoms with van der Waals surface area (Å²) in [7, 11) is 0. The van der Waals surface area contributed by atoms with E-state index in [-0.39, 0.29) is 0 Å². The zero-order valence-corrected chi connectivity index (χ0v) is 10.4. The molecule has 1 atom stereocenters. The van der Waals surface area contributed by atoms with Gasteiger partial charge in [0, 0.05) is 11.4 Å². The summed E-state index contributed by atoms with van der Waals surface area (Å²) < 4.78 is 0. The van der Waals surface area contributed by atoms with Crippen molar-refractivity contribution in [3.8, 4) is 0 Å². The van der Waals surface area contributed by atoms with Crippen LogP contribution in [-0.2, 0) is 11.2 Å².